The number of likely N-dealkylation sites (N-methyl/N-ethyl adjacent to an activating group) is 1. The summed E-state index contributed by atoms with van der Waals surface area (Å²) in [6, 6.07) is 6.24. The molecule has 1 aliphatic heterocycles. The minimum absolute atomic E-state index is 0.157. The van der Waals surface area contributed by atoms with Gasteiger partial charge in [-0.3, -0.25) is 4.79 Å². The molecule has 1 atom stereocenters. The number of nitrogens with zero attached hydrogens (tertiary/aromatic N) is 1. The smallest absolute Gasteiger partial charge is 0.246 e. The van der Waals surface area contributed by atoms with Gasteiger partial charge in [-0.25, -0.2) is 0 Å². The number of anilines is 1. The third-order valence-corrected chi connectivity index (χ3v) is 3.74. The molecule has 0 radical (unpaired) electrons. The van der Waals surface area contributed by atoms with Gasteiger partial charge in [0.25, 0.3) is 0 Å². The Hall–Kier alpha value is -1.35. The summed E-state index contributed by atoms with van der Waals surface area (Å²) in [6.07, 6.45) is 1.99. The first-order chi connectivity index (χ1) is 8.42. The summed E-state index contributed by atoms with van der Waals surface area (Å²) in [5, 5.41) is 3.32. The molecule has 0 saturated carbocycles. The SMILES string of the molecule is Cc1cc(C)cc(N(C)C(=O)C2(C)CCCN2)c1. The van der Waals surface area contributed by atoms with Gasteiger partial charge >= 0.3 is 0 Å². The molecule has 1 aromatic carbocycles. The number of hydrogen-bond donors (Lipinski definition) is 1. The highest BCUT2D eigenvalue weighted by Gasteiger charge is 2.38. The topological polar surface area (TPSA) is 32.3 Å². The van der Waals surface area contributed by atoms with Crippen molar-refractivity contribution in [1.29, 1.82) is 0 Å². The lowest BCUT2D eigenvalue weighted by molar-refractivity contribution is -0.123. The van der Waals surface area contributed by atoms with Gasteiger partial charge in [0.2, 0.25) is 5.91 Å². The number of benzene rings is 1. The molecule has 1 saturated heterocycles. The highest BCUT2D eigenvalue weighted by atomic mass is 16.2. The normalized spacial score (nSPS) is 23.1. The van der Waals surface area contributed by atoms with E-state index in [-0.39, 0.29) is 5.91 Å². The van der Waals surface area contributed by atoms with Gasteiger partial charge in [0.05, 0.1) is 5.54 Å². The molecule has 18 heavy (non-hydrogen) atoms. The Labute approximate surface area is 109 Å². The van der Waals surface area contributed by atoms with Crippen LogP contribution in [0.4, 0.5) is 5.69 Å². The Bertz CT molecular complexity index is 441. The quantitative estimate of drug-likeness (QED) is 0.869. The van der Waals surface area contributed by atoms with Crippen LogP contribution in [0.25, 0.3) is 0 Å². The van der Waals surface area contributed by atoms with Crippen molar-refractivity contribution in [2.75, 3.05) is 18.5 Å². The van der Waals surface area contributed by atoms with Crippen molar-refractivity contribution < 1.29 is 4.79 Å². The molecule has 1 fully saturated rings. The van der Waals surface area contributed by atoms with Crippen molar-refractivity contribution >= 4 is 11.6 Å². The molecule has 3 nitrogen and oxygen atoms in total. The van der Waals surface area contributed by atoms with E-state index >= 15 is 0 Å². The average Bonchev–Trinajstić information content (AvgIpc) is 2.74. The first-order valence-corrected chi connectivity index (χ1v) is 6.54. The maximum atomic E-state index is 12.6. The molecule has 0 aliphatic carbocycles. The fourth-order valence-corrected chi connectivity index (χ4v) is 2.71. The van der Waals surface area contributed by atoms with E-state index < -0.39 is 5.54 Å². The van der Waals surface area contributed by atoms with E-state index in [1.165, 1.54) is 11.1 Å². The standard InChI is InChI=1S/C15H22N2O/c1-11-8-12(2)10-13(9-11)17(4)14(18)15(3)6-5-7-16-15/h8-10,16H,5-7H2,1-4H3. The molecule has 0 spiro atoms. The van der Waals surface area contributed by atoms with E-state index in [2.05, 4.69) is 37.4 Å². The number of aryl methyl sites for hydroxylation is 2. The summed E-state index contributed by atoms with van der Waals surface area (Å²) >= 11 is 0. The van der Waals surface area contributed by atoms with Crippen LogP contribution >= 0.6 is 0 Å². The van der Waals surface area contributed by atoms with Gasteiger partial charge in [-0.05, 0) is 63.4 Å². The molecule has 1 N–H and O–H groups in total. The van der Waals surface area contributed by atoms with Crippen LogP contribution in [0.15, 0.2) is 18.2 Å². The predicted octanol–water partition coefficient (Wildman–Crippen LogP) is 2.41. The zero-order valence-electron chi connectivity index (χ0n) is 11.7. The van der Waals surface area contributed by atoms with Crippen LogP contribution in [-0.2, 0) is 4.79 Å². The average molecular weight is 246 g/mol. The molecule has 98 valence electrons. The lowest BCUT2D eigenvalue weighted by Gasteiger charge is -2.29. The third kappa shape index (κ3) is 2.41. The van der Waals surface area contributed by atoms with Crippen LogP contribution in [0.3, 0.4) is 0 Å². The van der Waals surface area contributed by atoms with Gasteiger partial charge < -0.3 is 10.2 Å². The molecule has 1 amide bonds. The van der Waals surface area contributed by atoms with E-state index in [0.29, 0.717) is 0 Å². The van der Waals surface area contributed by atoms with Crippen LogP contribution in [0.1, 0.15) is 30.9 Å². The minimum atomic E-state index is -0.396. The van der Waals surface area contributed by atoms with Crippen molar-refractivity contribution in [3.05, 3.63) is 29.3 Å². The summed E-state index contributed by atoms with van der Waals surface area (Å²) in [6.45, 7) is 7.05. The summed E-state index contributed by atoms with van der Waals surface area (Å²) in [7, 11) is 1.86. The number of carbonyl (C=O) groups excluding carboxylic acids is 1. The van der Waals surface area contributed by atoms with Gasteiger partial charge in [0.15, 0.2) is 0 Å². The molecular formula is C15H22N2O. The largest absolute Gasteiger partial charge is 0.314 e. The lowest BCUT2D eigenvalue weighted by atomic mass is 9.98. The molecule has 1 heterocycles. The second-order valence-corrected chi connectivity index (χ2v) is 5.57. The summed E-state index contributed by atoms with van der Waals surface area (Å²) in [5.41, 5.74) is 2.96. The predicted molar refractivity (Wildman–Crippen MR) is 75.0 cm³/mol. The van der Waals surface area contributed by atoms with Gasteiger partial charge in [-0.2, -0.15) is 0 Å². The highest BCUT2D eigenvalue weighted by molar-refractivity contribution is 5.99. The highest BCUT2D eigenvalue weighted by Crippen LogP contribution is 2.25. The Morgan fingerprint density at radius 1 is 1.28 bits per heavy atom. The Morgan fingerprint density at radius 2 is 1.89 bits per heavy atom. The van der Waals surface area contributed by atoms with Crippen LogP contribution < -0.4 is 10.2 Å². The van der Waals surface area contributed by atoms with Crippen LogP contribution in [0.2, 0.25) is 0 Å². The molecule has 0 bridgehead atoms. The molecule has 1 aromatic rings. The maximum Gasteiger partial charge on any atom is 0.246 e. The van der Waals surface area contributed by atoms with E-state index in [9.17, 15) is 4.79 Å². The number of amides is 1. The fraction of sp³-hybridized carbons (Fsp3) is 0.533. The van der Waals surface area contributed by atoms with E-state index in [1.807, 2.05) is 14.0 Å². The third-order valence-electron chi connectivity index (χ3n) is 3.74. The van der Waals surface area contributed by atoms with E-state index in [0.717, 1.165) is 25.1 Å². The Morgan fingerprint density at radius 3 is 2.39 bits per heavy atom. The molecular weight excluding hydrogens is 224 g/mol. The number of nitrogens with one attached hydrogen (secondary N) is 1. The first kappa shape index (κ1) is 13.1. The summed E-state index contributed by atoms with van der Waals surface area (Å²) in [4.78, 5) is 14.3. The molecule has 2 rings (SSSR count). The minimum Gasteiger partial charge on any atom is -0.314 e. The van der Waals surface area contributed by atoms with Crippen molar-refractivity contribution in [2.45, 2.75) is 39.2 Å². The maximum absolute atomic E-state index is 12.6. The van der Waals surface area contributed by atoms with Gasteiger partial charge in [-0.1, -0.05) is 6.07 Å². The lowest BCUT2D eigenvalue weighted by Crippen LogP contribution is -2.51. The van der Waals surface area contributed by atoms with Gasteiger partial charge in [0.1, 0.15) is 0 Å². The zero-order valence-corrected chi connectivity index (χ0v) is 11.7. The molecule has 1 aliphatic rings. The monoisotopic (exact) mass is 246 g/mol. The zero-order chi connectivity index (χ0) is 13.3. The van der Waals surface area contributed by atoms with Crippen LogP contribution in [0, 0.1) is 13.8 Å². The van der Waals surface area contributed by atoms with Crippen molar-refractivity contribution in [3.8, 4) is 0 Å². The summed E-state index contributed by atoms with van der Waals surface area (Å²) < 4.78 is 0. The van der Waals surface area contributed by atoms with Crippen LogP contribution in [-0.4, -0.2) is 25.0 Å². The van der Waals surface area contributed by atoms with Crippen molar-refractivity contribution in [1.82, 2.24) is 5.32 Å². The number of rotatable bonds is 2. The molecule has 1 unspecified atom stereocenters. The fourth-order valence-electron chi connectivity index (χ4n) is 2.71. The number of carbonyl (C=O) groups is 1. The van der Waals surface area contributed by atoms with Gasteiger partial charge in [-0.15, -0.1) is 0 Å². The van der Waals surface area contributed by atoms with Crippen molar-refractivity contribution in [3.63, 3.8) is 0 Å². The van der Waals surface area contributed by atoms with E-state index in [1.54, 1.807) is 4.90 Å². The molecule has 3 heteroatoms. The first-order valence-electron chi connectivity index (χ1n) is 6.54. The second-order valence-electron chi connectivity index (χ2n) is 5.57. The second kappa shape index (κ2) is 4.73. The Balaban J connectivity index is 2.25. The number of hydrogen-bond acceptors (Lipinski definition) is 2. The van der Waals surface area contributed by atoms with Crippen LogP contribution in [0.5, 0.6) is 0 Å². The molecule has 0 aromatic heterocycles. The van der Waals surface area contributed by atoms with Crippen molar-refractivity contribution in [2.24, 2.45) is 0 Å². The van der Waals surface area contributed by atoms with Gasteiger partial charge in [0, 0.05) is 12.7 Å². The summed E-state index contributed by atoms with van der Waals surface area (Å²) in [5.74, 6) is 0.157. The van der Waals surface area contributed by atoms with E-state index in [4.69, 9.17) is 0 Å². The Kier molecular flexibility index (Phi) is 3.44.